The lowest BCUT2D eigenvalue weighted by Gasteiger charge is -2.30. The Hall–Kier alpha value is -2.36. The summed E-state index contributed by atoms with van der Waals surface area (Å²) in [5.41, 5.74) is -0.112. The van der Waals surface area contributed by atoms with Gasteiger partial charge in [-0.3, -0.25) is 14.9 Å². The fourth-order valence-corrected chi connectivity index (χ4v) is 3.57. The SMILES string of the molecule is CC1CN(Cc2nc(Cl)c3ncc(-c4ncccc4C(F)(F)F)cc3n2)CCO1. The summed E-state index contributed by atoms with van der Waals surface area (Å²) in [5.74, 6) is 0.479. The van der Waals surface area contributed by atoms with Crippen molar-refractivity contribution in [2.45, 2.75) is 25.7 Å². The van der Waals surface area contributed by atoms with Gasteiger partial charge in [0.2, 0.25) is 0 Å². The van der Waals surface area contributed by atoms with E-state index in [-0.39, 0.29) is 22.5 Å². The van der Waals surface area contributed by atoms with E-state index >= 15 is 0 Å². The fraction of sp³-hybridized carbons (Fsp3) is 0.368. The van der Waals surface area contributed by atoms with Gasteiger partial charge in [0.1, 0.15) is 11.3 Å². The maximum atomic E-state index is 13.3. The predicted octanol–water partition coefficient (Wildman–Crippen LogP) is 3.98. The van der Waals surface area contributed by atoms with Crippen molar-refractivity contribution in [2.75, 3.05) is 19.7 Å². The smallest absolute Gasteiger partial charge is 0.376 e. The molecule has 0 radical (unpaired) electrons. The van der Waals surface area contributed by atoms with Crippen molar-refractivity contribution in [2.24, 2.45) is 0 Å². The first-order chi connectivity index (χ1) is 13.8. The summed E-state index contributed by atoms with van der Waals surface area (Å²) in [6, 6.07) is 3.75. The average molecular weight is 424 g/mol. The molecule has 1 saturated heterocycles. The number of nitrogens with zero attached hydrogens (tertiary/aromatic N) is 5. The van der Waals surface area contributed by atoms with Crippen LogP contribution in [0.1, 0.15) is 18.3 Å². The molecular formula is C19H17ClF3N5O. The topological polar surface area (TPSA) is 64.0 Å². The van der Waals surface area contributed by atoms with Crippen LogP contribution in [0.2, 0.25) is 5.15 Å². The van der Waals surface area contributed by atoms with Gasteiger partial charge in [-0.15, -0.1) is 0 Å². The van der Waals surface area contributed by atoms with Crippen molar-refractivity contribution in [3.05, 3.63) is 47.1 Å². The van der Waals surface area contributed by atoms with Gasteiger partial charge in [-0.2, -0.15) is 13.2 Å². The van der Waals surface area contributed by atoms with Crippen LogP contribution in [0.25, 0.3) is 22.3 Å². The minimum atomic E-state index is -4.53. The zero-order chi connectivity index (χ0) is 20.6. The molecule has 3 aromatic heterocycles. The molecule has 1 fully saturated rings. The number of pyridine rings is 2. The Morgan fingerprint density at radius 3 is 2.86 bits per heavy atom. The molecule has 0 saturated carbocycles. The number of fused-ring (bicyclic) bond motifs is 1. The Morgan fingerprint density at radius 1 is 1.28 bits per heavy atom. The molecule has 29 heavy (non-hydrogen) atoms. The van der Waals surface area contributed by atoms with E-state index < -0.39 is 11.7 Å². The standard InChI is InChI=1S/C19H17ClF3N5O/c1-11-9-28(5-6-29-11)10-15-26-14-7-12(8-25-17(14)18(20)27-15)16-13(19(21,22)23)3-2-4-24-16/h2-4,7-8,11H,5-6,9-10H2,1H3. The molecule has 1 unspecified atom stereocenters. The van der Waals surface area contributed by atoms with Crippen LogP contribution in [0.3, 0.4) is 0 Å². The molecule has 6 nitrogen and oxygen atoms in total. The highest BCUT2D eigenvalue weighted by Gasteiger charge is 2.34. The van der Waals surface area contributed by atoms with Crippen molar-refractivity contribution >= 4 is 22.6 Å². The lowest BCUT2D eigenvalue weighted by atomic mass is 10.1. The highest BCUT2D eigenvalue weighted by Crippen LogP contribution is 2.36. The maximum absolute atomic E-state index is 13.3. The van der Waals surface area contributed by atoms with Crippen LogP contribution in [-0.2, 0) is 17.5 Å². The third kappa shape index (κ3) is 4.31. The Bertz CT molecular complexity index is 1050. The van der Waals surface area contributed by atoms with E-state index in [1.165, 1.54) is 24.5 Å². The van der Waals surface area contributed by atoms with E-state index in [0.717, 1.165) is 19.2 Å². The van der Waals surface area contributed by atoms with Crippen LogP contribution in [0.4, 0.5) is 13.2 Å². The average Bonchev–Trinajstić information content (AvgIpc) is 2.67. The van der Waals surface area contributed by atoms with Gasteiger partial charge in [-0.25, -0.2) is 9.97 Å². The highest BCUT2D eigenvalue weighted by atomic mass is 35.5. The molecule has 4 rings (SSSR count). The summed E-state index contributed by atoms with van der Waals surface area (Å²) in [6.07, 6.45) is -1.80. The van der Waals surface area contributed by atoms with Crippen molar-refractivity contribution in [3.63, 3.8) is 0 Å². The summed E-state index contributed by atoms with van der Waals surface area (Å²) in [4.78, 5) is 19.0. The van der Waals surface area contributed by atoms with E-state index in [9.17, 15) is 13.2 Å². The second-order valence-corrected chi connectivity index (χ2v) is 7.19. The van der Waals surface area contributed by atoms with E-state index in [2.05, 4.69) is 24.8 Å². The van der Waals surface area contributed by atoms with Crippen LogP contribution in [0, 0.1) is 0 Å². The number of hydrogen-bond donors (Lipinski definition) is 0. The third-order valence-electron chi connectivity index (χ3n) is 4.62. The zero-order valence-corrected chi connectivity index (χ0v) is 16.2. The molecule has 1 atom stereocenters. The molecule has 1 aliphatic heterocycles. The first-order valence-electron chi connectivity index (χ1n) is 9.00. The van der Waals surface area contributed by atoms with Gasteiger partial charge < -0.3 is 4.74 Å². The Labute approximate surface area is 169 Å². The van der Waals surface area contributed by atoms with E-state index in [4.69, 9.17) is 16.3 Å². The molecular weight excluding hydrogens is 407 g/mol. The minimum absolute atomic E-state index is 0.109. The lowest BCUT2D eigenvalue weighted by Crippen LogP contribution is -2.40. The molecule has 0 spiro atoms. The van der Waals surface area contributed by atoms with Gasteiger partial charge >= 0.3 is 6.18 Å². The van der Waals surface area contributed by atoms with Crippen molar-refractivity contribution in [1.29, 1.82) is 0 Å². The second kappa shape index (κ2) is 7.81. The Kier molecular flexibility index (Phi) is 5.37. The summed E-state index contributed by atoms with van der Waals surface area (Å²) in [5, 5.41) is 0.162. The molecule has 0 aromatic carbocycles. The Balaban J connectivity index is 1.72. The number of hydrogen-bond acceptors (Lipinski definition) is 6. The third-order valence-corrected chi connectivity index (χ3v) is 4.88. The van der Waals surface area contributed by atoms with Crippen LogP contribution < -0.4 is 0 Å². The summed E-state index contributed by atoms with van der Waals surface area (Å²) < 4.78 is 45.6. The first kappa shape index (κ1) is 19.9. The highest BCUT2D eigenvalue weighted by molar-refractivity contribution is 6.33. The molecule has 4 heterocycles. The molecule has 0 bridgehead atoms. The number of halogens is 4. The zero-order valence-electron chi connectivity index (χ0n) is 15.4. The van der Waals surface area contributed by atoms with Gasteiger partial charge in [0.25, 0.3) is 0 Å². The van der Waals surface area contributed by atoms with Gasteiger partial charge in [0.05, 0.1) is 36.0 Å². The number of ether oxygens (including phenoxy) is 1. The maximum Gasteiger partial charge on any atom is 0.418 e. The van der Waals surface area contributed by atoms with Crippen LogP contribution in [-0.4, -0.2) is 50.6 Å². The van der Waals surface area contributed by atoms with E-state index in [0.29, 0.717) is 30.0 Å². The van der Waals surface area contributed by atoms with Crippen molar-refractivity contribution < 1.29 is 17.9 Å². The monoisotopic (exact) mass is 423 g/mol. The molecule has 10 heteroatoms. The largest absolute Gasteiger partial charge is 0.418 e. The van der Waals surface area contributed by atoms with Gasteiger partial charge in [-0.05, 0) is 25.1 Å². The number of morpholine rings is 1. The lowest BCUT2D eigenvalue weighted by molar-refractivity contribution is -0.137. The first-order valence-corrected chi connectivity index (χ1v) is 9.38. The van der Waals surface area contributed by atoms with Crippen LogP contribution in [0.5, 0.6) is 0 Å². The van der Waals surface area contributed by atoms with Gasteiger partial charge in [-0.1, -0.05) is 11.6 Å². The molecule has 152 valence electrons. The van der Waals surface area contributed by atoms with Gasteiger partial charge in [0, 0.05) is 31.0 Å². The molecule has 0 N–H and O–H groups in total. The summed E-state index contributed by atoms with van der Waals surface area (Å²) >= 11 is 6.26. The summed E-state index contributed by atoms with van der Waals surface area (Å²) in [7, 11) is 0. The van der Waals surface area contributed by atoms with Crippen molar-refractivity contribution in [3.8, 4) is 11.3 Å². The number of rotatable bonds is 3. The van der Waals surface area contributed by atoms with E-state index in [1.807, 2.05) is 6.92 Å². The predicted molar refractivity (Wildman–Crippen MR) is 101 cm³/mol. The van der Waals surface area contributed by atoms with Crippen LogP contribution in [0.15, 0.2) is 30.6 Å². The molecule has 0 amide bonds. The molecule has 0 aliphatic carbocycles. The molecule has 3 aromatic rings. The van der Waals surface area contributed by atoms with E-state index in [1.54, 1.807) is 0 Å². The van der Waals surface area contributed by atoms with Crippen LogP contribution >= 0.6 is 11.6 Å². The quantitative estimate of drug-likeness (QED) is 0.594. The van der Waals surface area contributed by atoms with Crippen molar-refractivity contribution in [1.82, 2.24) is 24.8 Å². The van der Waals surface area contributed by atoms with Gasteiger partial charge in [0.15, 0.2) is 5.15 Å². The normalized spacial score (nSPS) is 18.3. The molecule has 1 aliphatic rings. The number of aromatic nitrogens is 4. The Morgan fingerprint density at radius 2 is 2.10 bits per heavy atom. The number of alkyl halides is 3. The summed E-state index contributed by atoms with van der Waals surface area (Å²) in [6.45, 7) is 4.55. The minimum Gasteiger partial charge on any atom is -0.376 e. The fourth-order valence-electron chi connectivity index (χ4n) is 3.33. The second-order valence-electron chi connectivity index (χ2n) is 6.84.